The van der Waals surface area contributed by atoms with Crippen LogP contribution in [0.4, 0.5) is 0 Å². The lowest BCUT2D eigenvalue weighted by Gasteiger charge is -2.39. The number of H-pyrrole nitrogens is 1. The van der Waals surface area contributed by atoms with Crippen LogP contribution in [0.1, 0.15) is 34.7 Å². The zero-order chi connectivity index (χ0) is 24.2. The summed E-state index contributed by atoms with van der Waals surface area (Å²) in [6, 6.07) is 11.6. The highest BCUT2D eigenvalue weighted by Crippen LogP contribution is 2.40. The number of aromatic amines is 1. The summed E-state index contributed by atoms with van der Waals surface area (Å²) in [5.41, 5.74) is 4.51. The summed E-state index contributed by atoms with van der Waals surface area (Å²) >= 11 is 5.81. The zero-order valence-electron chi connectivity index (χ0n) is 20.1. The van der Waals surface area contributed by atoms with Gasteiger partial charge in [-0.1, -0.05) is 18.2 Å². The molecule has 7 nitrogen and oxygen atoms in total. The van der Waals surface area contributed by atoms with Crippen molar-refractivity contribution in [1.29, 1.82) is 0 Å². The van der Waals surface area contributed by atoms with Crippen LogP contribution in [0.15, 0.2) is 41.2 Å². The summed E-state index contributed by atoms with van der Waals surface area (Å²) in [4.78, 5) is 18.6. The fourth-order valence-electron chi connectivity index (χ4n) is 4.62. The van der Waals surface area contributed by atoms with E-state index in [-0.39, 0.29) is 11.6 Å². The van der Waals surface area contributed by atoms with Crippen molar-refractivity contribution in [2.45, 2.75) is 25.8 Å². The van der Waals surface area contributed by atoms with Crippen LogP contribution in [-0.4, -0.2) is 56.0 Å². The van der Waals surface area contributed by atoms with Crippen molar-refractivity contribution < 1.29 is 14.2 Å². The number of thiocarbonyl (C=S) groups is 1. The first kappa shape index (κ1) is 24.0. The van der Waals surface area contributed by atoms with Gasteiger partial charge < -0.3 is 29.4 Å². The van der Waals surface area contributed by atoms with Crippen molar-refractivity contribution in [1.82, 2.24) is 15.2 Å². The highest BCUT2D eigenvalue weighted by Gasteiger charge is 2.33. The molecule has 2 N–H and O–H groups in total. The van der Waals surface area contributed by atoms with Gasteiger partial charge in [0, 0.05) is 32.4 Å². The molecule has 0 fully saturated rings. The molecule has 0 aliphatic carbocycles. The van der Waals surface area contributed by atoms with Crippen LogP contribution in [-0.2, 0) is 11.2 Å². The van der Waals surface area contributed by atoms with Gasteiger partial charge in [-0.05, 0) is 72.3 Å². The molecule has 0 saturated heterocycles. The van der Waals surface area contributed by atoms with Crippen LogP contribution in [0.5, 0.6) is 11.5 Å². The predicted molar refractivity (Wildman–Crippen MR) is 138 cm³/mol. The lowest BCUT2D eigenvalue weighted by atomic mass is 9.87. The quantitative estimate of drug-likeness (QED) is 0.394. The number of aryl methyl sites for hydroxylation is 1. The van der Waals surface area contributed by atoms with Gasteiger partial charge in [0.1, 0.15) is 0 Å². The van der Waals surface area contributed by atoms with E-state index >= 15 is 0 Å². The normalized spacial score (nSPS) is 15.2. The van der Waals surface area contributed by atoms with Crippen LogP contribution in [0.25, 0.3) is 10.9 Å². The lowest BCUT2D eigenvalue weighted by Crippen LogP contribution is -2.47. The van der Waals surface area contributed by atoms with Gasteiger partial charge in [-0.25, -0.2) is 0 Å². The number of nitrogens with zero attached hydrogens (tertiary/aromatic N) is 1. The molecule has 1 aliphatic rings. The largest absolute Gasteiger partial charge is 0.493 e. The molecule has 0 saturated carbocycles. The van der Waals surface area contributed by atoms with Crippen molar-refractivity contribution in [3.05, 3.63) is 69.0 Å². The van der Waals surface area contributed by atoms with E-state index in [4.69, 9.17) is 26.4 Å². The van der Waals surface area contributed by atoms with Crippen molar-refractivity contribution in [2.24, 2.45) is 0 Å². The third-order valence-corrected chi connectivity index (χ3v) is 6.73. The number of ether oxygens (including phenoxy) is 3. The highest BCUT2D eigenvalue weighted by atomic mass is 32.1. The molecule has 1 unspecified atom stereocenters. The number of nitrogens with one attached hydrogen (secondary N) is 2. The van der Waals surface area contributed by atoms with Crippen molar-refractivity contribution >= 4 is 28.2 Å². The third-order valence-electron chi connectivity index (χ3n) is 6.35. The first-order valence-corrected chi connectivity index (χ1v) is 11.8. The first-order valence-electron chi connectivity index (χ1n) is 11.4. The van der Waals surface area contributed by atoms with Gasteiger partial charge in [0.15, 0.2) is 16.6 Å². The van der Waals surface area contributed by atoms with E-state index in [1.807, 2.05) is 43.3 Å². The second-order valence-corrected chi connectivity index (χ2v) is 8.81. The molecule has 2 heterocycles. The molecule has 1 aromatic heterocycles. The molecule has 2 aromatic carbocycles. The number of pyridine rings is 1. The Morgan fingerprint density at radius 3 is 2.65 bits per heavy atom. The zero-order valence-corrected chi connectivity index (χ0v) is 20.9. The van der Waals surface area contributed by atoms with E-state index in [0.717, 1.165) is 40.4 Å². The molecular formula is C26H31N3O4S. The summed E-state index contributed by atoms with van der Waals surface area (Å²) in [6.07, 6.45) is 1.61. The van der Waals surface area contributed by atoms with Gasteiger partial charge in [0.25, 0.3) is 5.56 Å². The minimum absolute atomic E-state index is 0.124. The average molecular weight is 482 g/mol. The standard InChI is InChI=1S/C26H31N3O4S/c1-16-7-5-8-18-13-20(25(30)28-23(16)18)24-19-15-22(33-4)21(32-3)14-17(19)9-11-29(24)26(34)27-10-6-12-31-2/h5,7-8,13-15,24H,6,9-12H2,1-4H3,(H,27,34)(H,28,30). The second-order valence-electron chi connectivity index (χ2n) is 8.42. The Labute approximate surface area is 205 Å². The molecule has 8 heteroatoms. The summed E-state index contributed by atoms with van der Waals surface area (Å²) in [5.74, 6) is 1.30. The maximum absolute atomic E-state index is 13.4. The summed E-state index contributed by atoms with van der Waals surface area (Å²) < 4.78 is 16.3. The Kier molecular flexibility index (Phi) is 7.38. The number of para-hydroxylation sites is 1. The van der Waals surface area contributed by atoms with E-state index in [1.54, 1.807) is 21.3 Å². The molecule has 0 amide bonds. The number of hydrogen-bond donors (Lipinski definition) is 2. The van der Waals surface area contributed by atoms with Crippen molar-refractivity contribution in [2.75, 3.05) is 41.0 Å². The van der Waals surface area contributed by atoms with Crippen LogP contribution in [0, 0.1) is 6.92 Å². The molecule has 3 aromatic rings. The Hall–Kier alpha value is -3.10. The fraction of sp³-hybridized carbons (Fsp3) is 0.385. The van der Waals surface area contributed by atoms with E-state index in [2.05, 4.69) is 15.2 Å². The molecule has 0 radical (unpaired) electrons. The smallest absolute Gasteiger partial charge is 0.254 e. The van der Waals surface area contributed by atoms with E-state index < -0.39 is 0 Å². The van der Waals surface area contributed by atoms with Crippen LogP contribution in [0.2, 0.25) is 0 Å². The van der Waals surface area contributed by atoms with Gasteiger partial charge >= 0.3 is 0 Å². The SMILES string of the molecule is COCCCNC(=S)N1CCc2cc(OC)c(OC)cc2C1c1cc2cccc(C)c2[nH]c1=O. The monoisotopic (exact) mass is 481 g/mol. The summed E-state index contributed by atoms with van der Waals surface area (Å²) in [7, 11) is 4.94. The van der Waals surface area contributed by atoms with Gasteiger partial charge in [-0.3, -0.25) is 4.79 Å². The average Bonchev–Trinajstić information content (AvgIpc) is 2.85. The first-order chi connectivity index (χ1) is 16.5. The second kappa shape index (κ2) is 10.4. The van der Waals surface area contributed by atoms with E-state index in [0.29, 0.717) is 41.9 Å². The molecule has 1 atom stereocenters. The molecule has 34 heavy (non-hydrogen) atoms. The van der Waals surface area contributed by atoms with Gasteiger partial charge in [-0.15, -0.1) is 0 Å². The number of aromatic nitrogens is 1. The molecule has 180 valence electrons. The number of rotatable bonds is 7. The topological polar surface area (TPSA) is 75.8 Å². The summed E-state index contributed by atoms with van der Waals surface area (Å²) in [6.45, 7) is 4.02. The molecular weight excluding hydrogens is 450 g/mol. The Bertz CT molecular complexity index is 1260. The van der Waals surface area contributed by atoms with Gasteiger partial charge in [0.05, 0.1) is 25.8 Å². The molecule has 1 aliphatic heterocycles. The van der Waals surface area contributed by atoms with E-state index in [1.165, 1.54) is 0 Å². The van der Waals surface area contributed by atoms with Gasteiger partial charge in [-0.2, -0.15) is 0 Å². The number of hydrogen-bond acceptors (Lipinski definition) is 5. The number of fused-ring (bicyclic) bond motifs is 2. The van der Waals surface area contributed by atoms with Crippen molar-refractivity contribution in [3.63, 3.8) is 0 Å². The van der Waals surface area contributed by atoms with Crippen molar-refractivity contribution in [3.8, 4) is 11.5 Å². The minimum atomic E-state index is -0.361. The van der Waals surface area contributed by atoms with Crippen LogP contribution < -0.4 is 20.3 Å². The highest BCUT2D eigenvalue weighted by molar-refractivity contribution is 7.80. The molecule has 4 rings (SSSR count). The maximum atomic E-state index is 13.4. The molecule has 0 bridgehead atoms. The van der Waals surface area contributed by atoms with E-state index in [9.17, 15) is 4.79 Å². The molecule has 0 spiro atoms. The van der Waals surface area contributed by atoms with Crippen LogP contribution >= 0.6 is 12.2 Å². The minimum Gasteiger partial charge on any atom is -0.493 e. The predicted octanol–water partition coefficient (Wildman–Crippen LogP) is 3.71. The van der Waals surface area contributed by atoms with Gasteiger partial charge in [0.2, 0.25) is 0 Å². The van der Waals surface area contributed by atoms with Crippen LogP contribution in [0.3, 0.4) is 0 Å². The maximum Gasteiger partial charge on any atom is 0.254 e. The number of benzene rings is 2. The third kappa shape index (κ3) is 4.60. The Morgan fingerprint density at radius 1 is 1.15 bits per heavy atom. The lowest BCUT2D eigenvalue weighted by molar-refractivity contribution is 0.195. The Balaban J connectivity index is 1.84. The number of methoxy groups -OCH3 is 3. The fourth-order valence-corrected chi connectivity index (χ4v) is 4.92. The Morgan fingerprint density at radius 2 is 1.91 bits per heavy atom. The summed E-state index contributed by atoms with van der Waals surface area (Å²) in [5, 5.41) is 4.95.